The van der Waals surface area contributed by atoms with Gasteiger partial charge in [-0.1, -0.05) is 32.0 Å². The van der Waals surface area contributed by atoms with Gasteiger partial charge in [0.05, 0.1) is 6.04 Å². The lowest BCUT2D eigenvalue weighted by atomic mass is 10.00. The van der Waals surface area contributed by atoms with Crippen LogP contribution in [0.4, 0.5) is 0 Å². The van der Waals surface area contributed by atoms with Gasteiger partial charge < -0.3 is 31.4 Å². The van der Waals surface area contributed by atoms with Crippen LogP contribution in [0.5, 0.6) is 0 Å². The molecule has 184 valence electrons. The molecule has 0 spiro atoms. The van der Waals surface area contributed by atoms with Crippen molar-refractivity contribution < 1.29 is 24.3 Å². The number of nitrogens with one attached hydrogen (secondary N) is 5. The fourth-order valence-corrected chi connectivity index (χ4v) is 4.06. The first kappa shape index (κ1) is 25.2. The van der Waals surface area contributed by atoms with E-state index in [1.165, 1.54) is 6.92 Å². The Morgan fingerprint density at radius 3 is 2.44 bits per heavy atom. The minimum atomic E-state index is -1.18. The predicted molar refractivity (Wildman–Crippen MR) is 127 cm³/mol. The first-order chi connectivity index (χ1) is 16.2. The van der Waals surface area contributed by atoms with Crippen molar-refractivity contribution in [3.05, 3.63) is 36.0 Å². The van der Waals surface area contributed by atoms with E-state index < -0.39 is 35.9 Å². The maximum atomic E-state index is 13.2. The van der Waals surface area contributed by atoms with E-state index in [4.69, 9.17) is 0 Å². The van der Waals surface area contributed by atoms with Gasteiger partial charge >= 0.3 is 5.97 Å². The molecule has 3 amide bonds. The zero-order valence-corrected chi connectivity index (χ0v) is 19.7. The summed E-state index contributed by atoms with van der Waals surface area (Å²) in [5, 5.41) is 21.2. The Morgan fingerprint density at radius 2 is 1.79 bits per heavy atom. The van der Waals surface area contributed by atoms with E-state index in [2.05, 4.69) is 26.3 Å². The van der Waals surface area contributed by atoms with Crippen LogP contribution in [-0.2, 0) is 25.6 Å². The third kappa shape index (κ3) is 6.13. The zero-order valence-electron chi connectivity index (χ0n) is 19.7. The van der Waals surface area contributed by atoms with Gasteiger partial charge in [0.25, 0.3) is 0 Å². The van der Waals surface area contributed by atoms with E-state index in [9.17, 15) is 24.3 Å². The molecule has 1 aliphatic heterocycles. The highest BCUT2D eigenvalue weighted by atomic mass is 16.4. The van der Waals surface area contributed by atoms with Gasteiger partial charge in [-0.05, 0) is 43.9 Å². The second kappa shape index (κ2) is 11.1. The van der Waals surface area contributed by atoms with Crippen LogP contribution in [0.2, 0.25) is 0 Å². The second-order valence-electron chi connectivity index (χ2n) is 9.07. The van der Waals surface area contributed by atoms with Crippen LogP contribution >= 0.6 is 0 Å². The Hall–Kier alpha value is -3.40. The number of aromatic nitrogens is 1. The lowest BCUT2D eigenvalue weighted by Gasteiger charge is -2.26. The number of carbonyl (C=O) groups excluding carboxylic acids is 3. The number of H-pyrrole nitrogens is 1. The number of carboxylic acids is 1. The van der Waals surface area contributed by atoms with Gasteiger partial charge in [0.2, 0.25) is 17.7 Å². The number of hydrogen-bond donors (Lipinski definition) is 6. The van der Waals surface area contributed by atoms with E-state index >= 15 is 0 Å². The average Bonchev–Trinajstić information content (AvgIpc) is 3.47. The van der Waals surface area contributed by atoms with Gasteiger partial charge in [-0.2, -0.15) is 0 Å². The second-order valence-corrected chi connectivity index (χ2v) is 9.07. The van der Waals surface area contributed by atoms with Gasteiger partial charge in [-0.15, -0.1) is 0 Å². The van der Waals surface area contributed by atoms with Crippen molar-refractivity contribution in [2.24, 2.45) is 5.92 Å². The van der Waals surface area contributed by atoms with Crippen LogP contribution in [0, 0.1) is 5.92 Å². The zero-order chi connectivity index (χ0) is 24.8. The predicted octanol–water partition coefficient (Wildman–Crippen LogP) is 0.677. The lowest BCUT2D eigenvalue weighted by Crippen LogP contribution is -2.58. The number of hydrogen-bond acceptors (Lipinski definition) is 5. The number of carboxylic acid groups (broad SMARTS) is 1. The van der Waals surface area contributed by atoms with E-state index in [0.29, 0.717) is 6.42 Å². The van der Waals surface area contributed by atoms with Crippen LogP contribution in [0.15, 0.2) is 30.5 Å². The first-order valence-corrected chi connectivity index (χ1v) is 11.6. The molecule has 10 heteroatoms. The molecule has 0 aliphatic carbocycles. The largest absolute Gasteiger partial charge is 0.480 e. The molecule has 1 aliphatic rings. The number of para-hydroxylation sites is 1. The molecule has 34 heavy (non-hydrogen) atoms. The third-order valence-corrected chi connectivity index (χ3v) is 6.08. The molecule has 10 nitrogen and oxygen atoms in total. The van der Waals surface area contributed by atoms with Crippen molar-refractivity contribution in [1.82, 2.24) is 26.3 Å². The monoisotopic (exact) mass is 471 g/mol. The smallest absolute Gasteiger partial charge is 0.325 e. The van der Waals surface area contributed by atoms with Gasteiger partial charge in [0.1, 0.15) is 18.1 Å². The van der Waals surface area contributed by atoms with E-state index in [0.717, 1.165) is 29.4 Å². The number of amides is 3. The summed E-state index contributed by atoms with van der Waals surface area (Å²) in [7, 11) is 0. The molecule has 0 bridgehead atoms. The topological polar surface area (TPSA) is 152 Å². The molecule has 2 aromatic rings. The maximum absolute atomic E-state index is 13.2. The summed E-state index contributed by atoms with van der Waals surface area (Å²) < 4.78 is 0. The number of fused-ring (bicyclic) bond motifs is 1. The highest BCUT2D eigenvalue weighted by molar-refractivity contribution is 5.95. The molecular weight excluding hydrogens is 438 g/mol. The minimum absolute atomic E-state index is 0.150. The molecule has 1 fully saturated rings. The van der Waals surface area contributed by atoms with Crippen molar-refractivity contribution in [2.45, 2.75) is 64.2 Å². The quantitative estimate of drug-likeness (QED) is 0.300. The molecule has 6 N–H and O–H groups in total. The van der Waals surface area contributed by atoms with E-state index in [-0.39, 0.29) is 24.3 Å². The van der Waals surface area contributed by atoms with Crippen LogP contribution in [0.1, 0.15) is 39.2 Å². The van der Waals surface area contributed by atoms with Crippen molar-refractivity contribution >= 4 is 34.6 Å². The summed E-state index contributed by atoms with van der Waals surface area (Å²) in [5.74, 6) is -2.75. The van der Waals surface area contributed by atoms with Gasteiger partial charge in [0.15, 0.2) is 0 Å². The first-order valence-electron chi connectivity index (χ1n) is 11.6. The maximum Gasteiger partial charge on any atom is 0.325 e. The van der Waals surface area contributed by atoms with Gasteiger partial charge in [-0.3, -0.25) is 19.2 Å². The Balaban J connectivity index is 1.79. The molecule has 4 unspecified atom stereocenters. The van der Waals surface area contributed by atoms with E-state index in [1.54, 1.807) is 6.20 Å². The molecule has 1 aromatic carbocycles. The van der Waals surface area contributed by atoms with Crippen molar-refractivity contribution in [1.29, 1.82) is 0 Å². The number of aliphatic carboxylic acids is 1. The summed E-state index contributed by atoms with van der Waals surface area (Å²) in [6.45, 7) is 5.74. The summed E-state index contributed by atoms with van der Waals surface area (Å²) in [4.78, 5) is 53.2. The van der Waals surface area contributed by atoms with Crippen LogP contribution in [0.25, 0.3) is 10.9 Å². The average molecular weight is 472 g/mol. The van der Waals surface area contributed by atoms with Crippen LogP contribution < -0.4 is 21.3 Å². The number of rotatable bonds is 10. The fourth-order valence-electron chi connectivity index (χ4n) is 4.06. The van der Waals surface area contributed by atoms with Crippen molar-refractivity contribution in [2.75, 3.05) is 6.54 Å². The molecule has 1 aromatic heterocycles. The highest BCUT2D eigenvalue weighted by Crippen LogP contribution is 2.19. The molecule has 0 radical (unpaired) electrons. The van der Waals surface area contributed by atoms with Crippen LogP contribution in [-0.4, -0.2) is 64.5 Å². The Morgan fingerprint density at radius 1 is 1.06 bits per heavy atom. The highest BCUT2D eigenvalue weighted by Gasteiger charge is 2.32. The van der Waals surface area contributed by atoms with Gasteiger partial charge in [0, 0.05) is 23.5 Å². The normalized spacial score (nSPS) is 18.3. The molecule has 0 saturated carbocycles. The van der Waals surface area contributed by atoms with Crippen molar-refractivity contribution in [3.8, 4) is 0 Å². The molecule has 3 rings (SSSR count). The Bertz CT molecular complexity index is 1040. The van der Waals surface area contributed by atoms with Gasteiger partial charge in [-0.25, -0.2) is 0 Å². The molecule has 1 saturated heterocycles. The number of benzene rings is 1. The molecule has 2 heterocycles. The summed E-state index contributed by atoms with van der Waals surface area (Å²) in [6.07, 6.45) is 3.52. The van der Waals surface area contributed by atoms with E-state index in [1.807, 2.05) is 38.1 Å². The number of aromatic amines is 1. The Kier molecular flexibility index (Phi) is 8.27. The Labute approximate surface area is 198 Å². The SMILES string of the molecule is CC(NC(=O)C(Cc1c[nH]c2ccccc12)NC(=O)C(NC(=O)C1CCCN1)C(C)C)C(=O)O. The fraction of sp³-hybridized carbons (Fsp3) is 0.500. The molecule has 4 atom stereocenters. The number of carbonyl (C=O) groups is 4. The van der Waals surface area contributed by atoms with Crippen LogP contribution in [0.3, 0.4) is 0 Å². The standard InChI is InChI=1S/C24H33N5O5/c1-13(2)20(29-21(30)18-9-6-10-25-18)23(32)28-19(22(31)27-14(3)24(33)34)11-15-12-26-17-8-5-4-7-16(15)17/h4-5,7-8,12-14,18-20,25-26H,6,9-11H2,1-3H3,(H,27,31)(H,28,32)(H,29,30)(H,33,34). The summed E-state index contributed by atoms with van der Waals surface area (Å²) >= 11 is 0. The lowest BCUT2D eigenvalue weighted by molar-refractivity contribution is -0.141. The van der Waals surface area contributed by atoms with Crippen molar-refractivity contribution in [3.63, 3.8) is 0 Å². The summed E-state index contributed by atoms with van der Waals surface area (Å²) in [6, 6.07) is 4.24. The minimum Gasteiger partial charge on any atom is -0.480 e. The molecular formula is C24H33N5O5. The summed E-state index contributed by atoms with van der Waals surface area (Å²) in [5.41, 5.74) is 1.69. The third-order valence-electron chi connectivity index (χ3n) is 6.08.